The van der Waals surface area contributed by atoms with Crippen LogP contribution in [-0.2, 0) is 16.1 Å². The van der Waals surface area contributed by atoms with Crippen LogP contribution in [0.2, 0.25) is 0 Å². The number of rotatable bonds is 5. The first-order chi connectivity index (χ1) is 10.7. The van der Waals surface area contributed by atoms with Crippen LogP contribution < -0.4 is 0 Å². The molecule has 1 atom stereocenters. The number of carbonyl (C=O) groups is 1. The Morgan fingerprint density at radius 2 is 2.00 bits per heavy atom. The molecule has 0 saturated carbocycles. The van der Waals surface area contributed by atoms with Crippen molar-refractivity contribution in [3.05, 3.63) is 35.9 Å². The summed E-state index contributed by atoms with van der Waals surface area (Å²) in [6.07, 6.45) is 2.56. The van der Waals surface area contributed by atoms with Crippen LogP contribution in [0.3, 0.4) is 0 Å². The van der Waals surface area contributed by atoms with Gasteiger partial charge in [-0.3, -0.25) is 0 Å². The average molecular weight is 305 g/mol. The fourth-order valence-corrected chi connectivity index (χ4v) is 3.07. The fraction of sp³-hybridized carbons (Fsp3) is 0.588. The molecule has 0 aromatic heterocycles. The van der Waals surface area contributed by atoms with E-state index in [9.17, 15) is 9.90 Å². The lowest BCUT2D eigenvalue weighted by Crippen LogP contribution is -2.45. The zero-order valence-electron chi connectivity index (χ0n) is 12.7. The van der Waals surface area contributed by atoms with Crippen LogP contribution in [0.25, 0.3) is 0 Å². The van der Waals surface area contributed by atoms with Gasteiger partial charge in [0.15, 0.2) is 0 Å². The molecule has 2 fully saturated rings. The van der Waals surface area contributed by atoms with Crippen LogP contribution in [0.1, 0.15) is 24.8 Å². The van der Waals surface area contributed by atoms with Crippen molar-refractivity contribution in [3.8, 4) is 0 Å². The van der Waals surface area contributed by atoms with E-state index >= 15 is 0 Å². The van der Waals surface area contributed by atoms with E-state index in [-0.39, 0.29) is 18.1 Å². The Kier molecular flexibility index (Phi) is 4.64. The monoisotopic (exact) mass is 305 g/mol. The van der Waals surface area contributed by atoms with E-state index in [1.54, 1.807) is 4.90 Å². The van der Waals surface area contributed by atoms with E-state index in [0.717, 1.165) is 31.4 Å². The van der Waals surface area contributed by atoms with Crippen LogP contribution in [0.4, 0.5) is 4.79 Å². The van der Waals surface area contributed by atoms with E-state index in [1.807, 2.05) is 30.3 Å². The van der Waals surface area contributed by atoms with Crippen molar-refractivity contribution in [1.82, 2.24) is 4.90 Å². The van der Waals surface area contributed by atoms with Crippen LogP contribution in [0, 0.1) is 5.41 Å². The van der Waals surface area contributed by atoms with Crippen molar-refractivity contribution >= 4 is 6.09 Å². The lowest BCUT2D eigenvalue weighted by atomic mass is 9.75. The second-order valence-electron chi connectivity index (χ2n) is 6.34. The van der Waals surface area contributed by atoms with Gasteiger partial charge in [-0.1, -0.05) is 30.3 Å². The minimum atomic E-state index is -0.266. The molecule has 1 amide bonds. The van der Waals surface area contributed by atoms with Gasteiger partial charge in [0.1, 0.15) is 6.61 Å². The number of benzene rings is 1. The number of amides is 1. The predicted molar refractivity (Wildman–Crippen MR) is 81.3 cm³/mol. The standard InChI is InChI=1S/C17H23NO4/c19-13-17(10-15-12-21-15)6-8-18(9-7-17)16(20)22-11-14-4-2-1-3-5-14/h1-5,15,19H,6-13H2. The molecule has 2 saturated heterocycles. The summed E-state index contributed by atoms with van der Waals surface area (Å²) in [5.74, 6) is 0. The Labute approximate surface area is 130 Å². The first-order valence-electron chi connectivity index (χ1n) is 7.89. The summed E-state index contributed by atoms with van der Waals surface area (Å²) in [7, 11) is 0. The van der Waals surface area contributed by atoms with Crippen molar-refractivity contribution in [2.75, 3.05) is 26.3 Å². The molecule has 0 aliphatic carbocycles. The highest BCUT2D eigenvalue weighted by molar-refractivity contribution is 5.67. The summed E-state index contributed by atoms with van der Waals surface area (Å²) >= 11 is 0. The van der Waals surface area contributed by atoms with Gasteiger partial charge in [0.05, 0.1) is 12.7 Å². The molecule has 5 nitrogen and oxygen atoms in total. The number of hydrogen-bond donors (Lipinski definition) is 1. The van der Waals surface area contributed by atoms with Crippen molar-refractivity contribution in [2.24, 2.45) is 5.41 Å². The molecule has 0 spiro atoms. The van der Waals surface area contributed by atoms with E-state index in [4.69, 9.17) is 9.47 Å². The second kappa shape index (κ2) is 6.67. The lowest BCUT2D eigenvalue weighted by molar-refractivity contribution is 0.0230. The molecule has 0 radical (unpaired) electrons. The molecule has 1 aromatic carbocycles. The number of nitrogens with zero attached hydrogens (tertiary/aromatic N) is 1. The van der Waals surface area contributed by atoms with Gasteiger partial charge in [0.25, 0.3) is 0 Å². The van der Waals surface area contributed by atoms with Crippen LogP contribution >= 0.6 is 0 Å². The van der Waals surface area contributed by atoms with Gasteiger partial charge in [-0.25, -0.2) is 4.79 Å². The van der Waals surface area contributed by atoms with E-state index in [2.05, 4.69) is 0 Å². The second-order valence-corrected chi connectivity index (χ2v) is 6.34. The number of carbonyl (C=O) groups excluding carboxylic acids is 1. The molecule has 2 aliphatic heterocycles. The molecule has 2 aliphatic rings. The van der Waals surface area contributed by atoms with Gasteiger partial charge in [0.2, 0.25) is 0 Å². The number of aliphatic hydroxyl groups is 1. The van der Waals surface area contributed by atoms with Crippen LogP contribution in [-0.4, -0.2) is 48.5 Å². The molecule has 22 heavy (non-hydrogen) atoms. The van der Waals surface area contributed by atoms with Gasteiger partial charge in [0, 0.05) is 19.7 Å². The Morgan fingerprint density at radius 1 is 1.32 bits per heavy atom. The quantitative estimate of drug-likeness (QED) is 0.847. The molecule has 5 heteroatoms. The van der Waals surface area contributed by atoms with Gasteiger partial charge >= 0.3 is 6.09 Å². The molecule has 3 rings (SSSR count). The number of hydrogen-bond acceptors (Lipinski definition) is 4. The molecule has 1 unspecified atom stereocenters. The number of piperidine rings is 1. The third-order valence-corrected chi connectivity index (χ3v) is 4.69. The maximum atomic E-state index is 12.1. The van der Waals surface area contributed by atoms with Crippen LogP contribution in [0.5, 0.6) is 0 Å². The van der Waals surface area contributed by atoms with Gasteiger partial charge in [-0.15, -0.1) is 0 Å². The molecule has 1 N–H and O–H groups in total. The number of likely N-dealkylation sites (tertiary alicyclic amines) is 1. The van der Waals surface area contributed by atoms with E-state index < -0.39 is 0 Å². The summed E-state index contributed by atoms with van der Waals surface area (Å²) in [6, 6.07) is 9.68. The van der Waals surface area contributed by atoms with Crippen LogP contribution in [0.15, 0.2) is 30.3 Å². The summed E-state index contributed by atoms with van der Waals surface area (Å²) in [4.78, 5) is 13.9. The molecule has 0 bridgehead atoms. The average Bonchev–Trinajstić information content (AvgIpc) is 3.38. The zero-order chi connectivity index (χ0) is 15.4. The van der Waals surface area contributed by atoms with Gasteiger partial charge < -0.3 is 19.5 Å². The highest BCUT2D eigenvalue weighted by atomic mass is 16.6. The normalized spacial score (nSPS) is 23.1. The third-order valence-electron chi connectivity index (χ3n) is 4.69. The number of aliphatic hydroxyl groups excluding tert-OH is 1. The fourth-order valence-electron chi connectivity index (χ4n) is 3.07. The smallest absolute Gasteiger partial charge is 0.410 e. The van der Waals surface area contributed by atoms with Crippen molar-refractivity contribution < 1.29 is 19.4 Å². The highest BCUT2D eigenvalue weighted by Crippen LogP contribution is 2.39. The molecular weight excluding hydrogens is 282 g/mol. The molecule has 2 heterocycles. The van der Waals surface area contributed by atoms with Crippen molar-refractivity contribution in [3.63, 3.8) is 0 Å². The molecule has 1 aromatic rings. The summed E-state index contributed by atoms with van der Waals surface area (Å²) in [6.45, 7) is 2.56. The van der Waals surface area contributed by atoms with E-state index in [1.165, 1.54) is 0 Å². The van der Waals surface area contributed by atoms with Crippen molar-refractivity contribution in [1.29, 1.82) is 0 Å². The van der Waals surface area contributed by atoms with Gasteiger partial charge in [-0.2, -0.15) is 0 Å². The van der Waals surface area contributed by atoms with Crippen molar-refractivity contribution in [2.45, 2.75) is 32.0 Å². The Morgan fingerprint density at radius 3 is 2.59 bits per heavy atom. The first-order valence-corrected chi connectivity index (χ1v) is 7.89. The predicted octanol–water partition coefficient (Wildman–Crippen LogP) is 2.19. The Bertz CT molecular complexity index is 493. The summed E-state index contributed by atoms with van der Waals surface area (Å²) in [5.41, 5.74) is 0.903. The Balaban J connectivity index is 1.46. The topological polar surface area (TPSA) is 62.3 Å². The largest absolute Gasteiger partial charge is 0.445 e. The van der Waals surface area contributed by atoms with E-state index in [0.29, 0.717) is 25.8 Å². The number of ether oxygens (including phenoxy) is 2. The minimum absolute atomic E-state index is 0.0859. The zero-order valence-corrected chi connectivity index (χ0v) is 12.7. The molecular formula is C17H23NO4. The first kappa shape index (κ1) is 15.3. The SMILES string of the molecule is O=C(OCc1ccccc1)N1CCC(CO)(CC2CO2)CC1. The maximum Gasteiger partial charge on any atom is 0.410 e. The van der Waals surface area contributed by atoms with Gasteiger partial charge in [-0.05, 0) is 30.2 Å². The summed E-state index contributed by atoms with van der Waals surface area (Å²) in [5, 5.41) is 9.70. The maximum absolute atomic E-state index is 12.1. The number of epoxide rings is 1. The Hall–Kier alpha value is -1.59. The highest BCUT2D eigenvalue weighted by Gasteiger charge is 2.40. The molecule has 120 valence electrons. The third kappa shape index (κ3) is 3.78. The minimum Gasteiger partial charge on any atom is -0.445 e. The lowest BCUT2D eigenvalue weighted by Gasteiger charge is -2.40. The summed E-state index contributed by atoms with van der Waals surface area (Å²) < 4.78 is 10.6.